The molecule has 0 fully saturated rings. The van der Waals surface area contributed by atoms with Crippen molar-refractivity contribution in [3.8, 4) is 11.5 Å². The van der Waals surface area contributed by atoms with Crippen LogP contribution in [0.15, 0.2) is 97.1 Å². The number of rotatable bonds is 4. The van der Waals surface area contributed by atoms with Crippen molar-refractivity contribution < 1.29 is 10.2 Å². The summed E-state index contributed by atoms with van der Waals surface area (Å²) < 4.78 is 0.798. The topological polar surface area (TPSA) is 40.5 Å². The van der Waals surface area contributed by atoms with Crippen LogP contribution in [-0.2, 0) is 5.41 Å². The van der Waals surface area contributed by atoms with E-state index < -0.39 is 5.41 Å². The molecule has 0 saturated carbocycles. The molecule has 0 saturated heterocycles. The molecule has 0 aliphatic heterocycles. The van der Waals surface area contributed by atoms with Crippen LogP contribution >= 0.6 is 22.6 Å². The number of phenols is 2. The summed E-state index contributed by atoms with van der Waals surface area (Å²) in [5.41, 5.74) is 4.60. The van der Waals surface area contributed by atoms with E-state index in [-0.39, 0.29) is 11.5 Å². The zero-order chi connectivity index (χ0) is 20.4. The second-order valence-electron chi connectivity index (χ2n) is 7.15. The van der Waals surface area contributed by atoms with Crippen molar-refractivity contribution in [2.45, 2.75) is 12.3 Å². The largest absolute Gasteiger partial charge is 0.508 e. The molecule has 3 heteroatoms. The highest BCUT2D eigenvalue weighted by Gasteiger charge is 2.38. The Bertz CT molecular complexity index is 1040. The SMILES string of the molecule is Cc1cc(C(c2ccccc2)(c2ccccc2)c2ccc(O)c(I)c2)ccc1O. The minimum absolute atomic E-state index is 0.270. The van der Waals surface area contributed by atoms with E-state index in [1.54, 1.807) is 12.1 Å². The minimum atomic E-state index is -0.589. The molecule has 4 aromatic carbocycles. The molecule has 144 valence electrons. The zero-order valence-electron chi connectivity index (χ0n) is 16.0. The molecule has 0 radical (unpaired) electrons. The lowest BCUT2D eigenvalue weighted by Gasteiger charge is -2.37. The van der Waals surface area contributed by atoms with E-state index in [4.69, 9.17) is 0 Å². The number of hydrogen-bond acceptors (Lipinski definition) is 2. The maximum absolute atomic E-state index is 10.2. The van der Waals surface area contributed by atoms with Crippen molar-refractivity contribution in [3.05, 3.63) is 128 Å². The molecule has 0 amide bonds. The van der Waals surface area contributed by atoms with Crippen LogP contribution in [0.5, 0.6) is 11.5 Å². The highest BCUT2D eigenvalue weighted by molar-refractivity contribution is 14.1. The Morgan fingerprint density at radius 1 is 0.586 bits per heavy atom. The third-order valence-corrected chi connectivity index (χ3v) is 6.29. The first-order valence-corrected chi connectivity index (χ1v) is 10.5. The van der Waals surface area contributed by atoms with E-state index in [0.717, 1.165) is 31.4 Å². The molecule has 0 aliphatic carbocycles. The summed E-state index contributed by atoms with van der Waals surface area (Å²) in [4.78, 5) is 0. The molecule has 0 spiro atoms. The zero-order valence-corrected chi connectivity index (χ0v) is 18.2. The van der Waals surface area contributed by atoms with Gasteiger partial charge in [-0.3, -0.25) is 0 Å². The fourth-order valence-corrected chi connectivity index (χ4v) is 4.52. The summed E-state index contributed by atoms with van der Waals surface area (Å²) in [6.07, 6.45) is 0. The molecule has 0 atom stereocenters. The Morgan fingerprint density at radius 2 is 1.07 bits per heavy atom. The van der Waals surface area contributed by atoms with E-state index in [0.29, 0.717) is 0 Å². The Morgan fingerprint density at radius 3 is 1.55 bits per heavy atom. The second kappa shape index (κ2) is 7.91. The molecular weight excluding hydrogens is 471 g/mol. The first-order chi connectivity index (χ1) is 14.0. The normalized spacial score (nSPS) is 11.4. The summed E-state index contributed by atoms with van der Waals surface area (Å²) in [5, 5.41) is 20.3. The third-order valence-electron chi connectivity index (χ3n) is 5.42. The smallest absolute Gasteiger partial charge is 0.128 e. The average Bonchev–Trinajstić information content (AvgIpc) is 2.75. The summed E-state index contributed by atoms with van der Waals surface area (Å²) in [5.74, 6) is 0.551. The first-order valence-electron chi connectivity index (χ1n) is 9.43. The van der Waals surface area contributed by atoms with Crippen molar-refractivity contribution >= 4 is 22.6 Å². The molecule has 2 nitrogen and oxygen atoms in total. The Labute approximate surface area is 184 Å². The van der Waals surface area contributed by atoms with Crippen molar-refractivity contribution in [1.82, 2.24) is 0 Å². The van der Waals surface area contributed by atoms with Gasteiger partial charge >= 0.3 is 0 Å². The van der Waals surface area contributed by atoms with Crippen LogP contribution in [0, 0.1) is 10.5 Å². The summed E-state index contributed by atoms with van der Waals surface area (Å²) >= 11 is 2.17. The number of aromatic hydroxyl groups is 2. The standard InChI is InChI=1S/C26H21IO2/c1-18-16-21(12-14-24(18)28)26(19-8-4-2-5-9-19,20-10-6-3-7-11-20)22-13-15-25(29)23(27)17-22/h2-17,28-29H,1H3. The molecular formula is C26H21IO2. The molecule has 4 aromatic rings. The summed E-state index contributed by atoms with van der Waals surface area (Å²) in [6.45, 7) is 1.92. The van der Waals surface area contributed by atoms with E-state index in [1.165, 1.54) is 0 Å². The fourth-order valence-electron chi connectivity index (χ4n) is 4.01. The summed E-state index contributed by atoms with van der Waals surface area (Å²) in [6, 6.07) is 32.3. The van der Waals surface area contributed by atoms with Crippen LogP contribution in [0.2, 0.25) is 0 Å². The van der Waals surface area contributed by atoms with Crippen LogP contribution in [0.4, 0.5) is 0 Å². The highest BCUT2D eigenvalue weighted by Crippen LogP contribution is 2.46. The highest BCUT2D eigenvalue weighted by atomic mass is 127. The molecule has 0 heterocycles. The van der Waals surface area contributed by atoms with Crippen molar-refractivity contribution in [2.24, 2.45) is 0 Å². The maximum atomic E-state index is 10.2. The molecule has 0 unspecified atom stereocenters. The fraction of sp³-hybridized carbons (Fsp3) is 0.0769. The first kappa shape index (κ1) is 19.5. The molecule has 4 rings (SSSR count). The lowest BCUT2D eigenvalue weighted by molar-refractivity contribution is 0.470. The van der Waals surface area contributed by atoms with Crippen molar-refractivity contribution in [2.75, 3.05) is 0 Å². The lowest BCUT2D eigenvalue weighted by atomic mass is 9.65. The van der Waals surface area contributed by atoms with Crippen molar-refractivity contribution in [3.63, 3.8) is 0 Å². The van der Waals surface area contributed by atoms with Crippen LogP contribution in [0.1, 0.15) is 27.8 Å². The monoisotopic (exact) mass is 492 g/mol. The van der Waals surface area contributed by atoms with Gasteiger partial charge < -0.3 is 10.2 Å². The average molecular weight is 492 g/mol. The van der Waals surface area contributed by atoms with Crippen molar-refractivity contribution in [1.29, 1.82) is 0 Å². The van der Waals surface area contributed by atoms with Crippen LogP contribution in [-0.4, -0.2) is 10.2 Å². The van der Waals surface area contributed by atoms with Gasteiger partial charge in [0.05, 0.1) is 8.99 Å². The molecule has 0 aromatic heterocycles. The van der Waals surface area contributed by atoms with Gasteiger partial charge in [0.2, 0.25) is 0 Å². The number of hydrogen-bond donors (Lipinski definition) is 2. The molecule has 29 heavy (non-hydrogen) atoms. The Hall–Kier alpha value is -2.79. The van der Waals surface area contributed by atoms with Gasteiger partial charge in [0.25, 0.3) is 0 Å². The van der Waals surface area contributed by atoms with E-state index >= 15 is 0 Å². The number of aryl methyl sites for hydroxylation is 1. The van der Waals surface area contributed by atoms with Gasteiger partial charge in [-0.25, -0.2) is 0 Å². The number of halogens is 1. The Kier molecular flexibility index (Phi) is 5.33. The predicted octanol–water partition coefficient (Wildman–Crippen LogP) is 6.39. The third kappa shape index (κ3) is 3.40. The van der Waals surface area contributed by atoms with Gasteiger partial charge in [0.15, 0.2) is 0 Å². The maximum Gasteiger partial charge on any atom is 0.128 e. The van der Waals surface area contributed by atoms with E-state index in [2.05, 4.69) is 52.9 Å². The van der Waals surface area contributed by atoms with Gasteiger partial charge in [-0.2, -0.15) is 0 Å². The van der Waals surface area contributed by atoms with Gasteiger partial charge in [0.1, 0.15) is 11.5 Å². The van der Waals surface area contributed by atoms with E-state index in [9.17, 15) is 10.2 Å². The van der Waals surface area contributed by atoms with Crippen LogP contribution < -0.4 is 0 Å². The molecule has 2 N–H and O–H groups in total. The quantitative estimate of drug-likeness (QED) is 0.256. The van der Waals surface area contributed by atoms with E-state index in [1.807, 2.05) is 61.5 Å². The van der Waals surface area contributed by atoms with Gasteiger partial charge in [-0.15, -0.1) is 0 Å². The Balaban J connectivity index is 2.16. The van der Waals surface area contributed by atoms with Crippen LogP contribution in [0.3, 0.4) is 0 Å². The lowest BCUT2D eigenvalue weighted by Crippen LogP contribution is -2.31. The van der Waals surface area contributed by atoms with Crippen LogP contribution in [0.25, 0.3) is 0 Å². The van der Waals surface area contributed by atoms with Gasteiger partial charge in [0, 0.05) is 0 Å². The summed E-state index contributed by atoms with van der Waals surface area (Å²) in [7, 11) is 0. The van der Waals surface area contributed by atoms with Gasteiger partial charge in [-0.1, -0.05) is 78.9 Å². The predicted molar refractivity (Wildman–Crippen MR) is 126 cm³/mol. The number of phenolic OH excluding ortho intramolecular Hbond substituents is 2. The molecule has 0 aliphatic rings. The number of benzene rings is 4. The molecule has 0 bridgehead atoms. The second-order valence-corrected chi connectivity index (χ2v) is 8.31. The van der Waals surface area contributed by atoms with Gasteiger partial charge in [-0.05, 0) is 75.5 Å². The minimum Gasteiger partial charge on any atom is -0.508 e.